The van der Waals surface area contributed by atoms with Crippen molar-refractivity contribution in [3.8, 4) is 0 Å². The summed E-state index contributed by atoms with van der Waals surface area (Å²) in [5.41, 5.74) is -2.21. The Bertz CT molecular complexity index is 834. The summed E-state index contributed by atoms with van der Waals surface area (Å²) in [6.45, 7) is 0. The molecular weight excluding hydrogens is 454 g/mol. The second-order valence-electron chi connectivity index (χ2n) is 5.43. The normalized spacial score (nSPS) is 9.00. The Hall–Kier alpha value is -2.74. The Balaban J connectivity index is 0. The van der Waals surface area contributed by atoms with Gasteiger partial charge >= 0.3 is 94.9 Å². The quantitative estimate of drug-likeness (QED) is 0.314. The summed E-state index contributed by atoms with van der Waals surface area (Å²) >= 11 is 0. The zero-order chi connectivity index (χ0) is 23.2. The van der Waals surface area contributed by atoms with E-state index in [4.69, 9.17) is 30.6 Å². The van der Waals surface area contributed by atoms with Crippen molar-refractivity contribution in [1.29, 1.82) is 0 Å². The number of hydrogen-bond acceptors (Lipinski definition) is 6. The van der Waals surface area contributed by atoms with Crippen LogP contribution >= 0.6 is 0 Å². The average Bonchev–Trinajstić information content (AvgIpc) is 2.67. The van der Waals surface area contributed by atoms with E-state index in [2.05, 4.69) is 0 Å². The fraction of sp³-hybridized carbons (Fsp3) is 0. The molecule has 0 unspecified atom stereocenters. The molecule has 0 spiro atoms. The first kappa shape index (κ1) is 31.4. The number of carbonyl (C=O) groups is 6. The van der Waals surface area contributed by atoms with Gasteiger partial charge in [0.05, 0.1) is 33.4 Å². The molecule has 0 bridgehead atoms. The van der Waals surface area contributed by atoms with Gasteiger partial charge in [0, 0.05) is 0 Å². The van der Waals surface area contributed by atoms with Gasteiger partial charge in [0.1, 0.15) is 0 Å². The first-order chi connectivity index (χ1) is 13.8. The van der Waals surface area contributed by atoms with Crippen molar-refractivity contribution in [2.75, 3.05) is 0 Å². The molecule has 2 rings (SSSR count). The predicted octanol–water partition coefficient (Wildman–Crippen LogP) is 0.265. The van der Waals surface area contributed by atoms with Crippen molar-refractivity contribution in [2.24, 2.45) is 0 Å². The van der Waals surface area contributed by atoms with Crippen LogP contribution in [-0.4, -0.2) is 126 Å². The molecule has 14 heteroatoms. The van der Waals surface area contributed by atoms with Crippen molar-refractivity contribution in [3.63, 3.8) is 0 Å². The maximum absolute atomic E-state index is 10.6. The summed E-state index contributed by atoms with van der Waals surface area (Å²) in [5.74, 6) is -8.25. The molecular formula is C18H14Na2O12. The van der Waals surface area contributed by atoms with Crippen molar-refractivity contribution >= 4 is 94.9 Å². The molecule has 2 aromatic rings. The molecule has 0 heterocycles. The Labute approximate surface area is 222 Å². The maximum atomic E-state index is 10.6. The van der Waals surface area contributed by atoms with Gasteiger partial charge in [-0.05, 0) is 36.4 Å². The van der Waals surface area contributed by atoms with Crippen LogP contribution in [0.4, 0.5) is 0 Å². The minimum absolute atomic E-state index is 0. The molecule has 32 heavy (non-hydrogen) atoms. The Morgan fingerprint density at radius 3 is 0.500 bits per heavy atom. The van der Waals surface area contributed by atoms with Crippen LogP contribution in [0.3, 0.4) is 0 Å². The van der Waals surface area contributed by atoms with Crippen LogP contribution in [0.25, 0.3) is 0 Å². The third kappa shape index (κ3) is 9.18. The molecule has 0 atom stereocenters. The minimum atomic E-state index is -1.37. The third-order valence-electron chi connectivity index (χ3n) is 3.35. The molecule has 2 aromatic carbocycles. The van der Waals surface area contributed by atoms with E-state index in [-0.39, 0.29) is 92.5 Å². The Morgan fingerprint density at radius 1 is 0.344 bits per heavy atom. The monoisotopic (exact) mass is 468 g/mol. The number of hydrogen-bond donors (Lipinski definition) is 6. The second-order valence-corrected chi connectivity index (χ2v) is 5.43. The summed E-state index contributed by atoms with van der Waals surface area (Å²) < 4.78 is 0. The van der Waals surface area contributed by atoms with Gasteiger partial charge in [0.2, 0.25) is 0 Å². The first-order valence-electron chi connectivity index (χ1n) is 7.53. The van der Waals surface area contributed by atoms with Crippen LogP contribution in [0, 0.1) is 0 Å². The fourth-order valence-electron chi connectivity index (χ4n) is 2.00. The van der Waals surface area contributed by atoms with Crippen molar-refractivity contribution in [1.82, 2.24) is 0 Å². The van der Waals surface area contributed by atoms with Gasteiger partial charge < -0.3 is 30.6 Å². The number of benzene rings is 2. The van der Waals surface area contributed by atoms with E-state index in [0.29, 0.717) is 0 Å². The molecule has 0 aliphatic heterocycles. The number of rotatable bonds is 6. The number of carboxylic acid groups (broad SMARTS) is 6. The standard InChI is InChI=1S/2C9H6O6.2Na.2H/c2*10-7(11)4-1-5(8(12)13)3-6(2-4)9(14)15;;;;/h2*1-3H,(H,10,11)(H,12,13)(H,14,15);;;;. The zero-order valence-corrected chi connectivity index (χ0v) is 14.6. The van der Waals surface area contributed by atoms with Crippen molar-refractivity contribution in [3.05, 3.63) is 69.8 Å². The van der Waals surface area contributed by atoms with Gasteiger partial charge in [-0.3, -0.25) is 0 Å². The molecule has 0 radical (unpaired) electrons. The molecule has 0 amide bonds. The molecule has 0 saturated carbocycles. The van der Waals surface area contributed by atoms with Crippen molar-refractivity contribution < 1.29 is 59.4 Å². The van der Waals surface area contributed by atoms with Gasteiger partial charge in [0.25, 0.3) is 0 Å². The topological polar surface area (TPSA) is 224 Å². The van der Waals surface area contributed by atoms with Gasteiger partial charge in [-0.1, -0.05) is 0 Å². The van der Waals surface area contributed by atoms with E-state index in [1.54, 1.807) is 0 Å². The van der Waals surface area contributed by atoms with E-state index < -0.39 is 35.8 Å². The van der Waals surface area contributed by atoms with Gasteiger partial charge in [0.15, 0.2) is 0 Å². The summed E-state index contributed by atoms with van der Waals surface area (Å²) in [5, 5.41) is 51.7. The first-order valence-corrected chi connectivity index (χ1v) is 7.53. The van der Waals surface area contributed by atoms with E-state index in [0.717, 1.165) is 36.4 Å². The summed E-state index contributed by atoms with van der Waals surface area (Å²) in [4.78, 5) is 63.4. The zero-order valence-electron chi connectivity index (χ0n) is 14.6. The number of carboxylic acids is 6. The summed E-state index contributed by atoms with van der Waals surface area (Å²) in [6, 6.07) is 5.40. The predicted molar refractivity (Wildman–Crippen MR) is 109 cm³/mol. The molecule has 0 aromatic heterocycles. The average molecular weight is 468 g/mol. The van der Waals surface area contributed by atoms with E-state index in [1.165, 1.54) is 0 Å². The molecule has 6 N–H and O–H groups in total. The molecule has 0 aliphatic carbocycles. The van der Waals surface area contributed by atoms with E-state index in [1.807, 2.05) is 0 Å². The second kappa shape index (κ2) is 13.6. The summed E-state index contributed by atoms with van der Waals surface area (Å²) in [7, 11) is 0. The Morgan fingerprint density at radius 2 is 0.438 bits per heavy atom. The third-order valence-corrected chi connectivity index (χ3v) is 3.35. The molecule has 160 valence electrons. The van der Waals surface area contributed by atoms with Crippen LogP contribution in [0.15, 0.2) is 36.4 Å². The van der Waals surface area contributed by atoms with Crippen molar-refractivity contribution in [2.45, 2.75) is 0 Å². The molecule has 12 nitrogen and oxygen atoms in total. The van der Waals surface area contributed by atoms with Gasteiger partial charge in [-0.2, -0.15) is 0 Å². The van der Waals surface area contributed by atoms with Crippen LogP contribution < -0.4 is 0 Å². The summed E-state index contributed by atoms with van der Waals surface area (Å²) in [6.07, 6.45) is 0. The SMILES string of the molecule is O=C(O)c1cc(C(=O)O)cc(C(=O)O)c1.O=C(O)c1cc(C(=O)O)cc(C(=O)O)c1.[NaH].[NaH]. The van der Waals surface area contributed by atoms with Crippen LogP contribution in [-0.2, 0) is 0 Å². The molecule has 0 saturated heterocycles. The van der Waals surface area contributed by atoms with Gasteiger partial charge in [-0.15, -0.1) is 0 Å². The van der Waals surface area contributed by atoms with E-state index >= 15 is 0 Å². The van der Waals surface area contributed by atoms with Crippen LogP contribution in [0.2, 0.25) is 0 Å². The van der Waals surface area contributed by atoms with E-state index in [9.17, 15) is 28.8 Å². The van der Waals surface area contributed by atoms with Crippen LogP contribution in [0.1, 0.15) is 62.1 Å². The fourth-order valence-corrected chi connectivity index (χ4v) is 2.00. The van der Waals surface area contributed by atoms with Gasteiger partial charge in [-0.25, -0.2) is 28.8 Å². The van der Waals surface area contributed by atoms with Crippen LogP contribution in [0.5, 0.6) is 0 Å². The number of aromatic carboxylic acids is 6. The molecule has 0 aliphatic rings. The molecule has 0 fully saturated rings. The Kier molecular flexibility index (Phi) is 13.4.